The highest BCUT2D eigenvalue weighted by Gasteiger charge is 2.07. The van der Waals surface area contributed by atoms with Crippen molar-refractivity contribution in [1.82, 2.24) is 4.57 Å². The zero-order valence-corrected chi connectivity index (χ0v) is 14.1. The lowest BCUT2D eigenvalue weighted by Gasteiger charge is -2.09. The molecule has 0 radical (unpaired) electrons. The molecule has 0 saturated heterocycles. The van der Waals surface area contributed by atoms with Crippen LogP contribution in [0.1, 0.15) is 18.1 Å². The summed E-state index contributed by atoms with van der Waals surface area (Å²) in [5.74, 6) is 0.871. The largest absolute Gasteiger partial charge is 0.497 e. The summed E-state index contributed by atoms with van der Waals surface area (Å²) in [5.41, 5.74) is 3.32. The first-order chi connectivity index (χ1) is 11.2. The van der Waals surface area contributed by atoms with Crippen LogP contribution in [0.3, 0.4) is 0 Å². The molecule has 4 heteroatoms. The van der Waals surface area contributed by atoms with Crippen molar-refractivity contribution in [3.8, 4) is 5.75 Å². The topological polar surface area (TPSA) is 23.4 Å². The summed E-state index contributed by atoms with van der Waals surface area (Å²) in [6.45, 7) is 3.33. The Hall–Kier alpha value is -2.33. The minimum Gasteiger partial charge on any atom is -0.497 e. The molecule has 2 aromatic carbocycles. The third-order valence-electron chi connectivity index (χ3n) is 3.80. The van der Waals surface area contributed by atoms with Crippen LogP contribution in [0, 0.1) is 0 Å². The molecule has 0 aliphatic carbocycles. The van der Waals surface area contributed by atoms with E-state index in [9.17, 15) is 0 Å². The van der Waals surface area contributed by atoms with E-state index in [1.807, 2.05) is 25.1 Å². The summed E-state index contributed by atoms with van der Waals surface area (Å²) in [4.78, 5) is 0. The van der Waals surface area contributed by atoms with Crippen molar-refractivity contribution in [3.63, 3.8) is 0 Å². The van der Waals surface area contributed by atoms with Crippen molar-refractivity contribution in [2.75, 3.05) is 13.7 Å². The monoisotopic (exact) mass is 325 g/mol. The lowest BCUT2D eigenvalue weighted by Crippen LogP contribution is -2.04. The van der Waals surface area contributed by atoms with Crippen molar-refractivity contribution in [2.45, 2.75) is 13.5 Å². The molecule has 0 spiro atoms. The molecule has 3 rings (SSSR count). The van der Waals surface area contributed by atoms with E-state index in [1.54, 1.807) is 7.11 Å². The summed E-state index contributed by atoms with van der Waals surface area (Å²) >= 11 is 5.31. The van der Waals surface area contributed by atoms with Crippen LogP contribution in [-0.4, -0.2) is 23.3 Å². The maximum atomic E-state index is 5.45. The third kappa shape index (κ3) is 3.37. The van der Waals surface area contributed by atoms with Gasteiger partial charge in [0.2, 0.25) is 0 Å². The summed E-state index contributed by atoms with van der Waals surface area (Å²) in [5, 5.41) is 1.74. The molecule has 1 heterocycles. The van der Waals surface area contributed by atoms with Crippen LogP contribution in [0.2, 0.25) is 0 Å². The molecular weight excluding hydrogens is 306 g/mol. The van der Waals surface area contributed by atoms with Crippen molar-refractivity contribution in [3.05, 3.63) is 65.9 Å². The number of hydrogen-bond donors (Lipinski definition) is 0. The minimum atomic E-state index is 0.548. The third-order valence-corrected chi connectivity index (χ3v) is 4.15. The van der Waals surface area contributed by atoms with E-state index in [0.717, 1.165) is 23.4 Å². The van der Waals surface area contributed by atoms with Gasteiger partial charge in [0.25, 0.3) is 0 Å². The summed E-state index contributed by atoms with van der Waals surface area (Å²) < 4.78 is 12.9. The Morgan fingerprint density at radius 2 is 1.87 bits per heavy atom. The van der Waals surface area contributed by atoms with Gasteiger partial charge in [0.1, 0.15) is 5.75 Å². The van der Waals surface area contributed by atoms with Gasteiger partial charge in [-0.3, -0.25) is 0 Å². The Morgan fingerprint density at radius 3 is 2.57 bits per heavy atom. The molecule has 0 unspecified atom stereocenters. The molecule has 3 aromatic rings. The predicted octanol–water partition coefficient (Wildman–Crippen LogP) is 4.41. The van der Waals surface area contributed by atoms with Gasteiger partial charge in [0.15, 0.2) is 5.05 Å². The van der Waals surface area contributed by atoms with Gasteiger partial charge >= 0.3 is 0 Å². The van der Waals surface area contributed by atoms with Gasteiger partial charge in [0, 0.05) is 23.8 Å². The lowest BCUT2D eigenvalue weighted by atomic mass is 10.1. The molecular formula is C19H19NO2S. The van der Waals surface area contributed by atoms with E-state index in [0.29, 0.717) is 11.7 Å². The van der Waals surface area contributed by atoms with Crippen molar-refractivity contribution in [2.24, 2.45) is 0 Å². The molecule has 23 heavy (non-hydrogen) atoms. The molecule has 0 aliphatic rings. The average molecular weight is 325 g/mol. The van der Waals surface area contributed by atoms with Crippen molar-refractivity contribution < 1.29 is 9.47 Å². The van der Waals surface area contributed by atoms with Gasteiger partial charge in [0.05, 0.1) is 13.7 Å². The second-order valence-corrected chi connectivity index (χ2v) is 5.66. The number of aromatic nitrogens is 1. The first-order valence-corrected chi connectivity index (χ1v) is 8.01. The van der Waals surface area contributed by atoms with E-state index in [1.165, 1.54) is 10.9 Å². The molecule has 1 aromatic heterocycles. The van der Waals surface area contributed by atoms with Crippen molar-refractivity contribution in [1.29, 1.82) is 0 Å². The summed E-state index contributed by atoms with van der Waals surface area (Å²) in [7, 11) is 1.68. The van der Waals surface area contributed by atoms with Crippen LogP contribution in [0.4, 0.5) is 0 Å². The predicted molar refractivity (Wildman–Crippen MR) is 97.4 cm³/mol. The van der Waals surface area contributed by atoms with Gasteiger partial charge in [-0.1, -0.05) is 18.2 Å². The highest BCUT2D eigenvalue weighted by Crippen LogP contribution is 2.21. The molecule has 0 atom stereocenters. The zero-order chi connectivity index (χ0) is 16.2. The molecule has 0 fully saturated rings. The zero-order valence-electron chi connectivity index (χ0n) is 13.3. The number of thiocarbonyl (C=S) groups is 1. The average Bonchev–Trinajstić information content (AvgIpc) is 2.98. The van der Waals surface area contributed by atoms with E-state index in [2.05, 4.69) is 41.1 Å². The molecule has 0 bridgehead atoms. The fourth-order valence-electron chi connectivity index (χ4n) is 2.59. The van der Waals surface area contributed by atoms with Crippen LogP contribution in [0.15, 0.2) is 54.7 Å². The van der Waals surface area contributed by atoms with Gasteiger partial charge in [-0.2, -0.15) is 0 Å². The Balaban J connectivity index is 1.90. The molecule has 3 nitrogen and oxygen atoms in total. The van der Waals surface area contributed by atoms with E-state index >= 15 is 0 Å². The van der Waals surface area contributed by atoms with Crippen LogP contribution in [-0.2, 0) is 11.3 Å². The van der Waals surface area contributed by atoms with Crippen LogP contribution < -0.4 is 4.74 Å². The molecule has 0 saturated carbocycles. The minimum absolute atomic E-state index is 0.548. The van der Waals surface area contributed by atoms with Crippen LogP contribution in [0.5, 0.6) is 5.75 Å². The van der Waals surface area contributed by atoms with Crippen LogP contribution >= 0.6 is 12.2 Å². The lowest BCUT2D eigenvalue weighted by molar-refractivity contribution is 0.337. The number of hydrogen-bond acceptors (Lipinski definition) is 3. The quantitative estimate of drug-likeness (QED) is 0.649. The van der Waals surface area contributed by atoms with Gasteiger partial charge in [-0.05, 0) is 60.4 Å². The normalized spacial score (nSPS) is 10.7. The highest BCUT2D eigenvalue weighted by atomic mass is 32.1. The highest BCUT2D eigenvalue weighted by molar-refractivity contribution is 7.80. The second-order valence-electron chi connectivity index (χ2n) is 5.29. The number of ether oxygens (including phenoxy) is 2. The first kappa shape index (κ1) is 15.6. The number of nitrogens with zero attached hydrogens (tertiary/aromatic N) is 1. The summed E-state index contributed by atoms with van der Waals surface area (Å²) in [6, 6.07) is 16.4. The Kier molecular flexibility index (Phi) is 4.63. The first-order valence-electron chi connectivity index (χ1n) is 7.60. The Morgan fingerprint density at radius 1 is 1.09 bits per heavy atom. The smallest absolute Gasteiger partial charge is 0.191 e. The van der Waals surface area contributed by atoms with E-state index < -0.39 is 0 Å². The van der Waals surface area contributed by atoms with Gasteiger partial charge in [-0.25, -0.2) is 0 Å². The van der Waals surface area contributed by atoms with Crippen LogP contribution in [0.25, 0.3) is 10.9 Å². The fraction of sp³-hybridized carbons (Fsp3) is 0.211. The standard InChI is InChI=1S/C19H19NO2S/c1-3-22-19(23)16-7-6-15-10-11-20(18(15)12-16)13-14-4-8-17(21-2)9-5-14/h4-12H,3,13H2,1-2H3. The fourth-order valence-corrected chi connectivity index (χ4v) is 2.84. The molecule has 0 amide bonds. The number of rotatable bonds is 5. The number of methoxy groups -OCH3 is 1. The SMILES string of the molecule is CCOC(=S)c1ccc2ccn(Cc3ccc(OC)cc3)c2c1. The molecule has 0 aliphatic heterocycles. The van der Waals surface area contributed by atoms with Gasteiger partial charge < -0.3 is 14.0 Å². The Labute approximate surface area is 141 Å². The Bertz CT molecular complexity index is 821. The number of fused-ring (bicyclic) bond motifs is 1. The van der Waals surface area contributed by atoms with E-state index in [-0.39, 0.29) is 0 Å². The number of benzene rings is 2. The molecule has 0 N–H and O–H groups in total. The van der Waals surface area contributed by atoms with Gasteiger partial charge in [-0.15, -0.1) is 0 Å². The van der Waals surface area contributed by atoms with Crippen molar-refractivity contribution >= 4 is 28.2 Å². The maximum absolute atomic E-state index is 5.45. The molecule has 118 valence electrons. The van der Waals surface area contributed by atoms with E-state index in [4.69, 9.17) is 21.7 Å². The maximum Gasteiger partial charge on any atom is 0.191 e. The second kappa shape index (κ2) is 6.84. The summed E-state index contributed by atoms with van der Waals surface area (Å²) in [6.07, 6.45) is 2.10.